The molecule has 0 atom stereocenters. The molecule has 0 saturated carbocycles. The zero-order valence-electron chi connectivity index (χ0n) is 35.7. The van der Waals surface area contributed by atoms with Gasteiger partial charge < -0.3 is 9.64 Å². The van der Waals surface area contributed by atoms with Gasteiger partial charge in [0.25, 0.3) is 0 Å². The van der Waals surface area contributed by atoms with E-state index in [-0.39, 0.29) is 5.41 Å². The lowest BCUT2D eigenvalue weighted by Gasteiger charge is -2.41. The normalized spacial score (nSPS) is 14.2. The molecule has 0 N–H and O–H groups in total. The molecule has 0 radical (unpaired) electrons. The standard InChI is InChI=1S/C62H43NO/c1-61(2)53-29-15-21-43-33-37-55(59(58(43)53)49-25-16-24-46(60(49)61)42-19-7-4-8-20-42)63(44-34-31-41(32-35-44)40-17-5-3-6-18-40)45-36-38-57-54(39-45)62(52-28-13-14-30-56(52)64-57)50-26-11-9-22-47(50)48-23-10-12-27-51(48)62/h3-39H,1-2H3. The summed E-state index contributed by atoms with van der Waals surface area (Å²) in [4.78, 5) is 2.50. The second-order valence-electron chi connectivity index (χ2n) is 18.0. The summed E-state index contributed by atoms with van der Waals surface area (Å²) in [6.45, 7) is 4.81. The van der Waals surface area contributed by atoms with Gasteiger partial charge >= 0.3 is 0 Å². The van der Waals surface area contributed by atoms with Crippen molar-refractivity contribution in [2.75, 3.05) is 4.90 Å². The SMILES string of the molecule is CC1(C)c2c(-c3ccccc3)cccc2-c2c(N(c3ccc(-c4ccccc4)cc3)c3ccc4c(c3)C3(c5ccccc5O4)c4ccccc4-c4ccccc43)ccc3cccc1c23. The van der Waals surface area contributed by atoms with Gasteiger partial charge in [-0.05, 0) is 114 Å². The molecule has 13 rings (SSSR count). The minimum Gasteiger partial charge on any atom is -0.457 e. The first kappa shape index (κ1) is 36.7. The van der Waals surface area contributed by atoms with Crippen molar-refractivity contribution in [3.63, 3.8) is 0 Å². The molecule has 0 amide bonds. The van der Waals surface area contributed by atoms with Crippen molar-refractivity contribution in [2.24, 2.45) is 0 Å². The second kappa shape index (κ2) is 13.8. The molecule has 10 aromatic rings. The molecule has 0 fully saturated rings. The first-order valence-electron chi connectivity index (χ1n) is 22.3. The number of hydrogen-bond donors (Lipinski definition) is 0. The van der Waals surface area contributed by atoms with Crippen LogP contribution in [0.1, 0.15) is 47.2 Å². The summed E-state index contributed by atoms with van der Waals surface area (Å²) in [7, 11) is 0. The predicted molar refractivity (Wildman–Crippen MR) is 264 cm³/mol. The number of hydrogen-bond acceptors (Lipinski definition) is 2. The molecular weight excluding hydrogens is 775 g/mol. The second-order valence-corrected chi connectivity index (χ2v) is 18.0. The fraction of sp³-hybridized carbons (Fsp3) is 0.0645. The zero-order chi connectivity index (χ0) is 42.6. The Morgan fingerprint density at radius 1 is 0.375 bits per heavy atom. The quantitative estimate of drug-likeness (QED) is 0.172. The van der Waals surface area contributed by atoms with Crippen LogP contribution in [0.3, 0.4) is 0 Å². The van der Waals surface area contributed by atoms with E-state index in [0.717, 1.165) is 39.7 Å². The third-order valence-corrected chi connectivity index (χ3v) is 14.3. The molecule has 64 heavy (non-hydrogen) atoms. The van der Waals surface area contributed by atoms with Gasteiger partial charge in [0.1, 0.15) is 11.5 Å². The minimum atomic E-state index is -0.595. The molecule has 1 aliphatic heterocycles. The molecule has 0 unspecified atom stereocenters. The van der Waals surface area contributed by atoms with Gasteiger partial charge in [0, 0.05) is 33.5 Å². The van der Waals surface area contributed by atoms with Crippen molar-refractivity contribution >= 4 is 27.8 Å². The summed E-state index contributed by atoms with van der Waals surface area (Å²) >= 11 is 0. The third-order valence-electron chi connectivity index (χ3n) is 14.3. The van der Waals surface area contributed by atoms with Crippen molar-refractivity contribution in [3.8, 4) is 56.0 Å². The topological polar surface area (TPSA) is 12.5 Å². The summed E-state index contributed by atoms with van der Waals surface area (Å²) in [5.41, 5.74) is 19.9. The summed E-state index contributed by atoms with van der Waals surface area (Å²) in [5.74, 6) is 1.76. The summed E-state index contributed by atoms with van der Waals surface area (Å²) in [5, 5.41) is 2.55. The number of fused-ring (bicyclic) bond motifs is 11. The average Bonchev–Trinajstić information content (AvgIpc) is 3.64. The van der Waals surface area contributed by atoms with E-state index < -0.39 is 5.41 Å². The van der Waals surface area contributed by atoms with E-state index in [2.05, 4.69) is 243 Å². The van der Waals surface area contributed by atoms with E-state index in [1.807, 2.05) is 0 Å². The molecule has 1 heterocycles. The van der Waals surface area contributed by atoms with Crippen molar-refractivity contribution in [2.45, 2.75) is 24.7 Å². The molecule has 10 aromatic carbocycles. The molecule has 2 aliphatic carbocycles. The monoisotopic (exact) mass is 817 g/mol. The van der Waals surface area contributed by atoms with Crippen LogP contribution in [0.25, 0.3) is 55.3 Å². The van der Waals surface area contributed by atoms with E-state index in [0.29, 0.717) is 0 Å². The number of nitrogens with zero attached hydrogens (tertiary/aromatic N) is 1. The highest BCUT2D eigenvalue weighted by Gasteiger charge is 2.51. The maximum atomic E-state index is 6.94. The lowest BCUT2D eigenvalue weighted by molar-refractivity contribution is 0.436. The van der Waals surface area contributed by atoms with Crippen LogP contribution in [0.15, 0.2) is 224 Å². The van der Waals surface area contributed by atoms with Gasteiger partial charge in [-0.15, -0.1) is 0 Å². The number of anilines is 3. The van der Waals surface area contributed by atoms with Gasteiger partial charge in [0.2, 0.25) is 0 Å². The molecule has 0 aromatic heterocycles. The largest absolute Gasteiger partial charge is 0.457 e. The molecule has 2 nitrogen and oxygen atoms in total. The van der Waals surface area contributed by atoms with Gasteiger partial charge in [0.15, 0.2) is 0 Å². The summed E-state index contributed by atoms with van der Waals surface area (Å²) < 4.78 is 6.94. The molecule has 2 heteroatoms. The van der Waals surface area contributed by atoms with E-state index in [9.17, 15) is 0 Å². The van der Waals surface area contributed by atoms with Gasteiger partial charge in [-0.2, -0.15) is 0 Å². The number of benzene rings is 10. The minimum absolute atomic E-state index is 0.263. The average molecular weight is 818 g/mol. The molecule has 0 saturated heterocycles. The van der Waals surface area contributed by atoms with Crippen molar-refractivity contribution in [1.29, 1.82) is 0 Å². The lowest BCUT2D eigenvalue weighted by atomic mass is 9.65. The van der Waals surface area contributed by atoms with Gasteiger partial charge in [0.05, 0.1) is 11.1 Å². The maximum absolute atomic E-state index is 6.94. The van der Waals surface area contributed by atoms with E-state index >= 15 is 0 Å². The van der Waals surface area contributed by atoms with Crippen LogP contribution in [-0.2, 0) is 10.8 Å². The van der Waals surface area contributed by atoms with Crippen LogP contribution in [0.2, 0.25) is 0 Å². The highest BCUT2D eigenvalue weighted by atomic mass is 16.5. The van der Waals surface area contributed by atoms with E-state index in [4.69, 9.17) is 4.74 Å². The van der Waals surface area contributed by atoms with Crippen LogP contribution in [-0.4, -0.2) is 0 Å². The predicted octanol–water partition coefficient (Wildman–Crippen LogP) is 16.4. The summed E-state index contributed by atoms with van der Waals surface area (Å²) in [6, 6.07) is 82.6. The fourth-order valence-electron chi connectivity index (χ4n) is 11.6. The first-order chi connectivity index (χ1) is 31.5. The zero-order valence-corrected chi connectivity index (χ0v) is 35.7. The Labute approximate surface area is 374 Å². The Kier molecular flexibility index (Phi) is 7.90. The van der Waals surface area contributed by atoms with Crippen LogP contribution in [0.5, 0.6) is 11.5 Å². The number of para-hydroxylation sites is 1. The van der Waals surface area contributed by atoms with Crippen LogP contribution >= 0.6 is 0 Å². The van der Waals surface area contributed by atoms with Crippen LogP contribution in [0.4, 0.5) is 17.1 Å². The smallest absolute Gasteiger partial charge is 0.132 e. The fourth-order valence-corrected chi connectivity index (χ4v) is 11.6. The Morgan fingerprint density at radius 2 is 0.922 bits per heavy atom. The summed E-state index contributed by atoms with van der Waals surface area (Å²) in [6.07, 6.45) is 0. The molecule has 0 bridgehead atoms. The van der Waals surface area contributed by atoms with Gasteiger partial charge in [-0.1, -0.05) is 196 Å². The Bertz CT molecular complexity index is 3450. The van der Waals surface area contributed by atoms with Crippen molar-refractivity contribution in [1.82, 2.24) is 0 Å². The third kappa shape index (κ3) is 5.08. The molecule has 1 spiro atoms. The Hall–Kier alpha value is -7.94. The highest BCUT2D eigenvalue weighted by molar-refractivity contribution is 6.11. The Balaban J connectivity index is 1.11. The number of ether oxygens (including phenoxy) is 1. The van der Waals surface area contributed by atoms with Gasteiger partial charge in [-0.3, -0.25) is 0 Å². The highest BCUT2D eigenvalue weighted by Crippen LogP contribution is 2.63. The lowest BCUT2D eigenvalue weighted by Crippen LogP contribution is -2.32. The Morgan fingerprint density at radius 3 is 1.66 bits per heavy atom. The van der Waals surface area contributed by atoms with E-state index in [1.165, 1.54) is 77.5 Å². The van der Waals surface area contributed by atoms with Crippen molar-refractivity contribution < 1.29 is 4.74 Å². The molecular formula is C62H43NO. The molecule has 302 valence electrons. The van der Waals surface area contributed by atoms with Crippen LogP contribution in [0, 0.1) is 0 Å². The molecule has 3 aliphatic rings. The van der Waals surface area contributed by atoms with E-state index in [1.54, 1.807) is 0 Å². The van der Waals surface area contributed by atoms with Crippen LogP contribution < -0.4 is 9.64 Å². The van der Waals surface area contributed by atoms with Gasteiger partial charge in [-0.25, -0.2) is 0 Å². The maximum Gasteiger partial charge on any atom is 0.132 e. The number of rotatable bonds is 5. The first-order valence-corrected chi connectivity index (χ1v) is 22.3. The van der Waals surface area contributed by atoms with Crippen molar-refractivity contribution in [3.05, 3.63) is 258 Å².